The third-order valence-corrected chi connectivity index (χ3v) is 7.09. The molecule has 5 heterocycles. The third kappa shape index (κ3) is 4.37. The number of fused-ring (bicyclic) bond motifs is 1. The Morgan fingerprint density at radius 1 is 1.19 bits per heavy atom. The number of pyridine rings is 1. The van der Waals surface area contributed by atoms with Crippen molar-refractivity contribution in [1.82, 2.24) is 33.8 Å². The molecule has 5 aromatic heterocycles. The molecule has 0 bridgehead atoms. The summed E-state index contributed by atoms with van der Waals surface area (Å²) in [4.78, 5) is 52.5. The summed E-state index contributed by atoms with van der Waals surface area (Å²) in [6.45, 7) is 7.22. The van der Waals surface area contributed by atoms with E-state index < -0.39 is 17.3 Å². The smallest absolute Gasteiger partial charge is 0.332 e. The van der Waals surface area contributed by atoms with Crippen LogP contribution in [0, 0.1) is 20.8 Å². The van der Waals surface area contributed by atoms with Gasteiger partial charge >= 0.3 is 5.69 Å². The topological polar surface area (TPSA) is 143 Å². The Bertz CT molecular complexity index is 1770. The fourth-order valence-corrected chi connectivity index (χ4v) is 4.69. The maximum Gasteiger partial charge on any atom is 0.332 e. The Kier molecular flexibility index (Phi) is 6.07. The Hall–Kier alpha value is -4.39. The quantitative estimate of drug-likeness (QED) is 0.360. The van der Waals surface area contributed by atoms with Gasteiger partial charge in [-0.3, -0.25) is 23.7 Å². The van der Waals surface area contributed by atoms with Crippen LogP contribution < -0.4 is 16.6 Å². The van der Waals surface area contributed by atoms with Crippen molar-refractivity contribution in [3.8, 4) is 10.6 Å². The average Bonchev–Trinajstić information content (AvgIpc) is 3.61. The lowest BCUT2D eigenvalue weighted by Crippen LogP contribution is -2.40. The lowest BCUT2D eigenvalue weighted by molar-refractivity contribution is -0.118. The molecule has 0 aromatic carbocycles. The molecule has 1 atom stereocenters. The molecule has 0 saturated heterocycles. The highest BCUT2D eigenvalue weighted by Gasteiger charge is 2.24. The highest BCUT2D eigenvalue weighted by molar-refractivity contribution is 7.13. The number of carbonyl (C=O) groups excluding carboxylic acids is 1. The maximum absolute atomic E-state index is 13.4. The normalized spacial score (nSPS) is 12.2. The van der Waals surface area contributed by atoms with Crippen LogP contribution in [0.3, 0.4) is 0 Å². The van der Waals surface area contributed by atoms with Crippen molar-refractivity contribution in [1.29, 1.82) is 0 Å². The second kappa shape index (κ2) is 9.24. The first-order chi connectivity index (χ1) is 17.6. The van der Waals surface area contributed by atoms with E-state index in [1.807, 2.05) is 19.9 Å². The molecule has 190 valence electrons. The van der Waals surface area contributed by atoms with Gasteiger partial charge in [-0.15, -0.1) is 11.3 Å². The van der Waals surface area contributed by atoms with Crippen molar-refractivity contribution in [3.05, 3.63) is 73.6 Å². The number of anilines is 1. The lowest BCUT2D eigenvalue weighted by Gasteiger charge is -2.14. The van der Waals surface area contributed by atoms with Crippen LogP contribution in [0.25, 0.3) is 21.7 Å². The largest absolute Gasteiger partial charge is 0.361 e. The van der Waals surface area contributed by atoms with Gasteiger partial charge in [0.2, 0.25) is 5.91 Å². The lowest BCUT2D eigenvalue weighted by atomic mass is 10.2. The van der Waals surface area contributed by atoms with Crippen LogP contribution in [0.1, 0.15) is 35.7 Å². The zero-order valence-electron chi connectivity index (χ0n) is 20.8. The molecular formula is C24H24N8O4S. The van der Waals surface area contributed by atoms with Crippen LogP contribution in [-0.2, 0) is 18.4 Å². The molecule has 5 aromatic rings. The van der Waals surface area contributed by atoms with E-state index in [1.54, 1.807) is 31.5 Å². The zero-order chi connectivity index (χ0) is 26.4. The summed E-state index contributed by atoms with van der Waals surface area (Å²) in [6.07, 6.45) is 3.14. The molecule has 5 rings (SSSR count). The highest BCUT2D eigenvalue weighted by Crippen LogP contribution is 2.27. The molecule has 13 heteroatoms. The molecular weight excluding hydrogens is 496 g/mol. The Balaban J connectivity index is 1.44. The summed E-state index contributed by atoms with van der Waals surface area (Å²) < 4.78 is 8.83. The van der Waals surface area contributed by atoms with Gasteiger partial charge in [0.25, 0.3) is 5.56 Å². The maximum atomic E-state index is 13.4. The number of hydrogen-bond acceptors (Lipinski definition) is 9. The summed E-state index contributed by atoms with van der Waals surface area (Å²) in [5.74, 6) is 0.572. The molecule has 0 unspecified atom stereocenters. The van der Waals surface area contributed by atoms with Gasteiger partial charge in [0.15, 0.2) is 11.2 Å². The average molecular weight is 521 g/mol. The minimum atomic E-state index is -0.814. The van der Waals surface area contributed by atoms with Crippen molar-refractivity contribution in [3.63, 3.8) is 0 Å². The van der Waals surface area contributed by atoms with E-state index in [4.69, 9.17) is 4.52 Å². The number of rotatable bonds is 6. The van der Waals surface area contributed by atoms with Crippen molar-refractivity contribution in [2.75, 3.05) is 5.32 Å². The van der Waals surface area contributed by atoms with Crippen molar-refractivity contribution in [2.45, 2.75) is 40.3 Å². The first-order valence-electron chi connectivity index (χ1n) is 11.4. The number of nitrogens with zero attached hydrogens (tertiary/aromatic N) is 7. The number of imidazole rings is 1. The van der Waals surface area contributed by atoms with Gasteiger partial charge in [0.05, 0.1) is 12.9 Å². The van der Waals surface area contributed by atoms with Gasteiger partial charge in [-0.1, -0.05) is 5.16 Å². The van der Waals surface area contributed by atoms with Crippen LogP contribution in [0.2, 0.25) is 0 Å². The van der Waals surface area contributed by atoms with Crippen molar-refractivity contribution < 1.29 is 9.32 Å². The number of aromatic nitrogens is 7. The fourth-order valence-electron chi connectivity index (χ4n) is 3.96. The van der Waals surface area contributed by atoms with Gasteiger partial charge in [0, 0.05) is 35.9 Å². The molecule has 1 N–H and O–H groups in total. The van der Waals surface area contributed by atoms with Gasteiger partial charge in [-0.2, -0.15) is 0 Å². The Morgan fingerprint density at radius 3 is 2.68 bits per heavy atom. The van der Waals surface area contributed by atoms with E-state index in [1.165, 1.54) is 33.8 Å². The fraction of sp³-hybridized carbons (Fsp3) is 0.292. The summed E-state index contributed by atoms with van der Waals surface area (Å²) in [6, 6.07) is 2.84. The van der Waals surface area contributed by atoms with E-state index in [2.05, 4.69) is 25.4 Å². The number of carbonyl (C=O) groups is 1. The van der Waals surface area contributed by atoms with Crippen LogP contribution in [0.4, 0.5) is 5.82 Å². The first kappa shape index (κ1) is 24.3. The van der Waals surface area contributed by atoms with E-state index in [9.17, 15) is 14.4 Å². The molecule has 0 aliphatic carbocycles. The second-order valence-corrected chi connectivity index (χ2v) is 9.67. The SMILES string of the molecule is Cc1cc(Cn2c(=O)c3c(ncn3[C@@H](C)C(=O)Nc3csc(-c4cnc(C)c(C)c4)n3)n(C)c2=O)no1. The summed E-state index contributed by atoms with van der Waals surface area (Å²) in [5.41, 5.74) is 2.49. The summed E-state index contributed by atoms with van der Waals surface area (Å²) >= 11 is 1.39. The van der Waals surface area contributed by atoms with Gasteiger partial charge in [-0.05, 0) is 39.3 Å². The monoisotopic (exact) mass is 520 g/mol. The number of hydrogen-bond donors (Lipinski definition) is 1. The predicted octanol–water partition coefficient (Wildman–Crippen LogP) is 2.58. The molecule has 0 radical (unpaired) electrons. The van der Waals surface area contributed by atoms with Crippen LogP contribution >= 0.6 is 11.3 Å². The van der Waals surface area contributed by atoms with E-state index in [0.717, 1.165) is 26.4 Å². The molecule has 12 nitrogen and oxygen atoms in total. The van der Waals surface area contributed by atoms with Crippen molar-refractivity contribution in [2.24, 2.45) is 7.05 Å². The molecule has 0 aliphatic heterocycles. The van der Waals surface area contributed by atoms with Crippen LogP contribution in [0.15, 0.2) is 44.1 Å². The third-order valence-electron chi connectivity index (χ3n) is 6.19. The van der Waals surface area contributed by atoms with E-state index >= 15 is 0 Å². The summed E-state index contributed by atoms with van der Waals surface area (Å²) in [5, 5.41) is 9.16. The number of amides is 1. The molecule has 37 heavy (non-hydrogen) atoms. The second-order valence-electron chi connectivity index (χ2n) is 8.82. The number of thiazole rings is 1. The predicted molar refractivity (Wildman–Crippen MR) is 138 cm³/mol. The molecule has 0 saturated carbocycles. The minimum Gasteiger partial charge on any atom is -0.361 e. The Morgan fingerprint density at radius 2 is 1.97 bits per heavy atom. The minimum absolute atomic E-state index is 0.0700. The van der Waals surface area contributed by atoms with Crippen LogP contribution in [-0.4, -0.2) is 39.7 Å². The number of aryl methyl sites for hydroxylation is 4. The highest BCUT2D eigenvalue weighted by atomic mass is 32.1. The molecule has 0 aliphatic rings. The number of nitrogens with one attached hydrogen (secondary N) is 1. The van der Waals surface area contributed by atoms with E-state index in [-0.39, 0.29) is 23.6 Å². The Labute approximate surface area is 214 Å². The zero-order valence-corrected chi connectivity index (χ0v) is 21.7. The van der Waals surface area contributed by atoms with Crippen LogP contribution in [0.5, 0.6) is 0 Å². The van der Waals surface area contributed by atoms with E-state index in [0.29, 0.717) is 17.3 Å². The first-order valence-corrected chi connectivity index (χ1v) is 12.3. The van der Waals surface area contributed by atoms with Gasteiger partial charge in [0.1, 0.15) is 28.3 Å². The van der Waals surface area contributed by atoms with Gasteiger partial charge in [-0.25, -0.2) is 14.8 Å². The molecule has 0 spiro atoms. The molecule has 0 fully saturated rings. The van der Waals surface area contributed by atoms with Gasteiger partial charge < -0.3 is 14.4 Å². The summed E-state index contributed by atoms with van der Waals surface area (Å²) in [7, 11) is 1.52. The standard InChI is InChI=1S/C24H24N8O4S/c1-12-6-16(8-25-14(12)3)22-28-18(10-37-22)27-21(33)15(4)32-11-26-20-19(32)23(34)31(24(35)30(20)5)9-17-7-13(2)36-29-17/h6-8,10-11,15H,9H2,1-5H3,(H,27,33)/t15-/m0/s1. The van der Waals surface area contributed by atoms with Crippen molar-refractivity contribution >= 4 is 34.2 Å². The molecule has 1 amide bonds.